The first-order valence-corrected chi connectivity index (χ1v) is 8.23. The number of aromatic nitrogens is 1. The summed E-state index contributed by atoms with van der Waals surface area (Å²) in [7, 11) is 0. The maximum atomic E-state index is 12.1. The van der Waals surface area contributed by atoms with Gasteiger partial charge in [0.25, 0.3) is 5.91 Å². The average molecular weight is 356 g/mol. The number of rotatable bonds is 7. The number of anilines is 1. The summed E-state index contributed by atoms with van der Waals surface area (Å²) in [6.07, 6.45) is 1.82. The molecular weight excluding hydrogens is 334 g/mol. The first-order chi connectivity index (χ1) is 10.6. The van der Waals surface area contributed by atoms with Crippen LogP contribution < -0.4 is 15.8 Å². The van der Waals surface area contributed by atoms with E-state index in [-0.39, 0.29) is 24.4 Å². The van der Waals surface area contributed by atoms with Gasteiger partial charge in [0.2, 0.25) is 0 Å². The molecule has 0 bridgehead atoms. The molecule has 0 aliphatic heterocycles. The highest BCUT2D eigenvalue weighted by atomic mass is 35.5. The molecule has 1 atom stereocenters. The van der Waals surface area contributed by atoms with E-state index < -0.39 is 0 Å². The number of nitrogens with zero attached hydrogens (tertiary/aromatic N) is 1. The second-order valence-corrected chi connectivity index (χ2v) is 5.92. The molecule has 1 amide bonds. The predicted octanol–water partition coefficient (Wildman–Crippen LogP) is 3.50. The van der Waals surface area contributed by atoms with Crippen molar-refractivity contribution in [3.8, 4) is 5.75 Å². The SMILES string of the molecule is CCC(C)Oc1ccc(NC(=O)c2csc(CCN)n2)cc1.Cl. The standard InChI is InChI=1S/C16H21N3O2S.ClH/c1-3-11(2)21-13-6-4-12(5-7-13)18-16(20)14-10-22-15(19-14)8-9-17;/h4-7,10-11H,3,8-9,17H2,1-2H3,(H,18,20);1H. The van der Waals surface area contributed by atoms with Gasteiger partial charge in [-0.15, -0.1) is 23.7 Å². The summed E-state index contributed by atoms with van der Waals surface area (Å²) in [6.45, 7) is 4.63. The smallest absolute Gasteiger partial charge is 0.275 e. The van der Waals surface area contributed by atoms with Gasteiger partial charge >= 0.3 is 0 Å². The average Bonchev–Trinajstić information content (AvgIpc) is 2.98. The number of nitrogens with one attached hydrogen (secondary N) is 1. The van der Waals surface area contributed by atoms with E-state index in [4.69, 9.17) is 10.5 Å². The molecule has 2 aromatic rings. The maximum absolute atomic E-state index is 12.1. The maximum Gasteiger partial charge on any atom is 0.275 e. The summed E-state index contributed by atoms with van der Waals surface area (Å²) in [5, 5.41) is 5.46. The van der Waals surface area contributed by atoms with Crippen molar-refractivity contribution in [3.05, 3.63) is 40.3 Å². The Morgan fingerprint density at radius 1 is 1.39 bits per heavy atom. The molecule has 0 radical (unpaired) electrons. The molecule has 0 aliphatic carbocycles. The van der Waals surface area contributed by atoms with E-state index in [1.54, 1.807) is 5.38 Å². The van der Waals surface area contributed by atoms with Crippen LogP contribution in [0.5, 0.6) is 5.75 Å². The number of hydrogen-bond donors (Lipinski definition) is 2. The second kappa shape index (κ2) is 9.50. The van der Waals surface area contributed by atoms with Crippen molar-refractivity contribution in [2.45, 2.75) is 32.8 Å². The van der Waals surface area contributed by atoms with E-state index in [9.17, 15) is 4.79 Å². The van der Waals surface area contributed by atoms with Crippen LogP contribution in [-0.4, -0.2) is 23.5 Å². The van der Waals surface area contributed by atoms with Crippen LogP contribution in [-0.2, 0) is 6.42 Å². The molecule has 0 saturated carbocycles. The lowest BCUT2D eigenvalue weighted by Crippen LogP contribution is -2.13. The van der Waals surface area contributed by atoms with E-state index in [0.717, 1.165) is 22.9 Å². The van der Waals surface area contributed by atoms with Crippen molar-refractivity contribution < 1.29 is 9.53 Å². The van der Waals surface area contributed by atoms with Crippen LogP contribution in [0.25, 0.3) is 0 Å². The normalized spacial score (nSPS) is 11.4. The Bertz CT molecular complexity index is 616. The van der Waals surface area contributed by atoms with Crippen LogP contribution in [0.15, 0.2) is 29.6 Å². The summed E-state index contributed by atoms with van der Waals surface area (Å²) < 4.78 is 5.70. The van der Waals surface area contributed by atoms with Gasteiger partial charge in [0, 0.05) is 17.5 Å². The van der Waals surface area contributed by atoms with Crippen molar-refractivity contribution in [2.24, 2.45) is 5.73 Å². The zero-order valence-corrected chi connectivity index (χ0v) is 14.9. The van der Waals surface area contributed by atoms with Crippen molar-refractivity contribution in [2.75, 3.05) is 11.9 Å². The quantitative estimate of drug-likeness (QED) is 0.796. The highest BCUT2D eigenvalue weighted by Gasteiger charge is 2.11. The molecule has 1 unspecified atom stereocenters. The molecule has 1 aromatic heterocycles. The molecule has 0 spiro atoms. The van der Waals surface area contributed by atoms with Crippen LogP contribution in [0.2, 0.25) is 0 Å². The van der Waals surface area contributed by atoms with Gasteiger partial charge in [0.15, 0.2) is 0 Å². The number of carbonyl (C=O) groups is 1. The molecule has 23 heavy (non-hydrogen) atoms. The number of ether oxygens (including phenoxy) is 1. The van der Waals surface area contributed by atoms with Gasteiger partial charge in [-0.25, -0.2) is 4.98 Å². The van der Waals surface area contributed by atoms with Crippen LogP contribution >= 0.6 is 23.7 Å². The molecule has 1 aromatic carbocycles. The van der Waals surface area contributed by atoms with Gasteiger partial charge in [0.05, 0.1) is 11.1 Å². The second-order valence-electron chi connectivity index (χ2n) is 4.98. The Morgan fingerprint density at radius 2 is 2.09 bits per heavy atom. The van der Waals surface area contributed by atoms with Gasteiger partial charge in [-0.05, 0) is 44.2 Å². The first kappa shape index (κ1) is 19.4. The fourth-order valence-corrected chi connectivity index (χ4v) is 2.58. The van der Waals surface area contributed by atoms with Crippen LogP contribution in [0.3, 0.4) is 0 Å². The molecule has 3 N–H and O–H groups in total. The van der Waals surface area contributed by atoms with E-state index >= 15 is 0 Å². The Hall–Kier alpha value is -1.63. The summed E-state index contributed by atoms with van der Waals surface area (Å²) in [6, 6.07) is 7.34. The Morgan fingerprint density at radius 3 is 2.70 bits per heavy atom. The number of amides is 1. The van der Waals surface area contributed by atoms with Crippen LogP contribution in [0.1, 0.15) is 35.8 Å². The number of carbonyl (C=O) groups excluding carboxylic acids is 1. The van der Waals surface area contributed by atoms with E-state index in [2.05, 4.69) is 17.2 Å². The molecule has 126 valence electrons. The Kier molecular flexibility index (Phi) is 8.02. The van der Waals surface area contributed by atoms with E-state index in [0.29, 0.717) is 18.7 Å². The Labute approximate surface area is 146 Å². The van der Waals surface area contributed by atoms with Gasteiger partial charge in [-0.2, -0.15) is 0 Å². The lowest BCUT2D eigenvalue weighted by Gasteiger charge is -2.12. The van der Waals surface area contributed by atoms with Gasteiger partial charge in [-0.1, -0.05) is 6.92 Å². The minimum absolute atomic E-state index is 0. The summed E-state index contributed by atoms with van der Waals surface area (Å²) >= 11 is 1.45. The zero-order chi connectivity index (χ0) is 15.9. The zero-order valence-electron chi connectivity index (χ0n) is 13.2. The monoisotopic (exact) mass is 355 g/mol. The summed E-state index contributed by atoms with van der Waals surface area (Å²) in [5.41, 5.74) is 6.62. The van der Waals surface area contributed by atoms with E-state index in [1.807, 2.05) is 31.2 Å². The predicted molar refractivity (Wildman–Crippen MR) is 96.9 cm³/mol. The van der Waals surface area contributed by atoms with Gasteiger partial charge in [0.1, 0.15) is 11.4 Å². The van der Waals surface area contributed by atoms with Crippen molar-refractivity contribution in [3.63, 3.8) is 0 Å². The van der Waals surface area contributed by atoms with Crippen LogP contribution in [0.4, 0.5) is 5.69 Å². The lowest BCUT2D eigenvalue weighted by molar-refractivity contribution is 0.102. The number of hydrogen-bond acceptors (Lipinski definition) is 5. The third-order valence-electron chi connectivity index (χ3n) is 3.17. The summed E-state index contributed by atoms with van der Waals surface area (Å²) in [4.78, 5) is 16.4. The molecule has 7 heteroatoms. The minimum atomic E-state index is -0.213. The largest absolute Gasteiger partial charge is 0.491 e. The fraction of sp³-hybridized carbons (Fsp3) is 0.375. The topological polar surface area (TPSA) is 77.2 Å². The van der Waals surface area contributed by atoms with E-state index in [1.165, 1.54) is 11.3 Å². The number of thiazole rings is 1. The third kappa shape index (κ3) is 5.82. The number of benzene rings is 1. The fourth-order valence-electron chi connectivity index (χ4n) is 1.78. The minimum Gasteiger partial charge on any atom is -0.491 e. The number of nitrogens with two attached hydrogens (primary N) is 1. The van der Waals surface area contributed by atoms with Crippen molar-refractivity contribution in [1.82, 2.24) is 4.98 Å². The van der Waals surface area contributed by atoms with Gasteiger partial charge in [-0.3, -0.25) is 4.79 Å². The van der Waals surface area contributed by atoms with Gasteiger partial charge < -0.3 is 15.8 Å². The highest BCUT2D eigenvalue weighted by Crippen LogP contribution is 2.19. The lowest BCUT2D eigenvalue weighted by atomic mass is 10.2. The number of halogens is 1. The molecule has 0 fully saturated rings. The molecular formula is C16H22ClN3O2S. The third-order valence-corrected chi connectivity index (χ3v) is 4.08. The molecule has 0 saturated heterocycles. The van der Waals surface area contributed by atoms with Crippen LogP contribution in [0, 0.1) is 0 Å². The molecule has 2 rings (SSSR count). The first-order valence-electron chi connectivity index (χ1n) is 7.35. The molecule has 5 nitrogen and oxygen atoms in total. The molecule has 0 aliphatic rings. The molecule has 1 heterocycles. The highest BCUT2D eigenvalue weighted by molar-refractivity contribution is 7.09. The Balaban J connectivity index is 0.00000264. The summed E-state index contributed by atoms with van der Waals surface area (Å²) in [5.74, 6) is 0.585. The van der Waals surface area contributed by atoms with Crippen molar-refractivity contribution >= 4 is 35.3 Å². The van der Waals surface area contributed by atoms with Crippen molar-refractivity contribution in [1.29, 1.82) is 0 Å².